The quantitative estimate of drug-likeness (QED) is 0.137. The van der Waals surface area contributed by atoms with Gasteiger partial charge in [-0.25, -0.2) is 4.79 Å². The van der Waals surface area contributed by atoms with E-state index in [4.69, 9.17) is 14.1 Å². The monoisotopic (exact) mass is 606 g/mol. The van der Waals surface area contributed by atoms with Gasteiger partial charge in [0.2, 0.25) is 5.91 Å². The number of hydrogen-bond acceptors (Lipinski definition) is 11. The minimum absolute atomic E-state index is 0.0656. The van der Waals surface area contributed by atoms with Crippen LogP contribution in [0.2, 0.25) is 0 Å². The summed E-state index contributed by atoms with van der Waals surface area (Å²) in [5.41, 5.74) is 2.61. The minimum Gasteiger partial charge on any atom is -0.423 e. The SMILES string of the molecule is C[C@H](NC(=O)c1ccc2c(c1)B(O)OC2)[C@H](NC(=O)c1ccc2c(c1)B(O)OC2)C(=O)NCCC(=O)ON1C(=O)CCC1=O. The van der Waals surface area contributed by atoms with Crippen LogP contribution in [0.3, 0.4) is 0 Å². The van der Waals surface area contributed by atoms with Crippen LogP contribution in [0.1, 0.15) is 58.0 Å². The summed E-state index contributed by atoms with van der Waals surface area (Å²) in [5, 5.41) is 28.2. The second-order valence-electron chi connectivity index (χ2n) is 10.5. The Labute approximate surface area is 251 Å². The number of fused-ring (bicyclic) bond motifs is 2. The molecule has 5 N–H and O–H groups in total. The Morgan fingerprint density at radius 3 is 1.95 bits per heavy atom. The summed E-state index contributed by atoms with van der Waals surface area (Å²) < 4.78 is 10.3. The van der Waals surface area contributed by atoms with Crippen molar-refractivity contribution in [1.29, 1.82) is 0 Å². The zero-order chi connectivity index (χ0) is 31.5. The van der Waals surface area contributed by atoms with Crippen LogP contribution in [0.5, 0.6) is 0 Å². The number of carbonyl (C=O) groups is 6. The second-order valence-corrected chi connectivity index (χ2v) is 10.5. The number of rotatable bonds is 10. The van der Waals surface area contributed by atoms with Crippen molar-refractivity contribution in [2.75, 3.05) is 6.54 Å². The molecule has 5 rings (SSSR count). The molecule has 0 bridgehead atoms. The zero-order valence-corrected chi connectivity index (χ0v) is 23.5. The van der Waals surface area contributed by atoms with E-state index in [-0.39, 0.29) is 43.7 Å². The number of imide groups is 1. The first-order chi connectivity index (χ1) is 21.0. The number of nitrogens with one attached hydrogen (secondary N) is 3. The molecular weight excluding hydrogens is 578 g/mol. The second kappa shape index (κ2) is 13.0. The fraction of sp³-hybridized carbons (Fsp3) is 0.333. The lowest BCUT2D eigenvalue weighted by molar-refractivity contribution is -0.197. The standard InChI is InChI=1S/C27H28B2N4O11/c1-14(31-25(37)15-2-4-17-12-42-28(40)19(17)10-15)24(32-26(38)16-3-5-18-13-43-29(41)20(18)11-16)27(39)30-9-8-23(36)44-33-21(34)6-7-22(33)35/h2-5,10-11,14,24,40-41H,6-9,12-13H2,1H3,(H,30,39)(H,31,37)(H,32,38)/t14-,24-/m0/s1. The maximum atomic E-state index is 13.3. The highest BCUT2D eigenvalue weighted by molar-refractivity contribution is 6.62. The molecule has 2 aromatic rings. The van der Waals surface area contributed by atoms with Crippen molar-refractivity contribution in [2.24, 2.45) is 0 Å². The van der Waals surface area contributed by atoms with E-state index in [0.29, 0.717) is 21.6 Å². The summed E-state index contributed by atoms with van der Waals surface area (Å²) in [6, 6.07) is 6.88. The van der Waals surface area contributed by atoms with Gasteiger partial charge in [0.05, 0.1) is 25.7 Å². The summed E-state index contributed by atoms with van der Waals surface area (Å²) in [5.74, 6) is -4.25. The number of nitrogens with zero attached hydrogens (tertiary/aromatic N) is 1. The largest absolute Gasteiger partial charge is 0.491 e. The van der Waals surface area contributed by atoms with Gasteiger partial charge >= 0.3 is 20.2 Å². The van der Waals surface area contributed by atoms with Crippen LogP contribution in [0, 0.1) is 0 Å². The average molecular weight is 606 g/mol. The van der Waals surface area contributed by atoms with Crippen molar-refractivity contribution in [2.45, 2.75) is 51.5 Å². The third-order valence-electron chi connectivity index (χ3n) is 7.40. The minimum atomic E-state index is -1.35. The van der Waals surface area contributed by atoms with Gasteiger partial charge < -0.3 is 40.1 Å². The van der Waals surface area contributed by atoms with Crippen LogP contribution in [-0.2, 0) is 46.5 Å². The number of benzene rings is 2. The molecule has 1 fully saturated rings. The maximum absolute atomic E-state index is 13.3. The Hall–Kier alpha value is -4.57. The van der Waals surface area contributed by atoms with E-state index in [1.165, 1.54) is 31.2 Å². The number of carbonyl (C=O) groups excluding carboxylic acids is 6. The fourth-order valence-electron chi connectivity index (χ4n) is 4.93. The first-order valence-corrected chi connectivity index (χ1v) is 13.8. The lowest BCUT2D eigenvalue weighted by Gasteiger charge is -2.25. The molecule has 2 aromatic carbocycles. The molecule has 0 aliphatic carbocycles. The van der Waals surface area contributed by atoms with E-state index in [1.807, 2.05) is 0 Å². The molecule has 15 nitrogen and oxygen atoms in total. The van der Waals surface area contributed by atoms with Gasteiger partial charge in [0.1, 0.15) is 6.04 Å². The molecule has 5 amide bonds. The van der Waals surface area contributed by atoms with Crippen molar-refractivity contribution in [3.63, 3.8) is 0 Å². The Morgan fingerprint density at radius 1 is 0.886 bits per heavy atom. The summed E-state index contributed by atoms with van der Waals surface area (Å²) in [6.45, 7) is 1.60. The number of amides is 5. The summed E-state index contributed by atoms with van der Waals surface area (Å²) in [6.07, 6.45) is -0.528. The van der Waals surface area contributed by atoms with Crippen LogP contribution in [0.15, 0.2) is 36.4 Å². The van der Waals surface area contributed by atoms with E-state index in [2.05, 4.69) is 16.0 Å². The highest BCUT2D eigenvalue weighted by Crippen LogP contribution is 2.14. The molecule has 2 atom stereocenters. The Kier molecular flexibility index (Phi) is 9.10. The van der Waals surface area contributed by atoms with Crippen LogP contribution in [0.4, 0.5) is 0 Å². The van der Waals surface area contributed by atoms with E-state index in [0.717, 1.165) is 5.56 Å². The summed E-state index contributed by atoms with van der Waals surface area (Å²) >= 11 is 0. The van der Waals surface area contributed by atoms with Crippen LogP contribution < -0.4 is 26.9 Å². The fourth-order valence-corrected chi connectivity index (χ4v) is 4.93. The lowest BCUT2D eigenvalue weighted by atomic mass is 9.78. The normalized spacial score (nSPS) is 16.8. The van der Waals surface area contributed by atoms with Gasteiger partial charge in [0.15, 0.2) is 0 Å². The molecule has 17 heteroatoms. The van der Waals surface area contributed by atoms with Gasteiger partial charge in [-0.05, 0) is 53.2 Å². The van der Waals surface area contributed by atoms with Crippen LogP contribution in [0.25, 0.3) is 0 Å². The van der Waals surface area contributed by atoms with Crippen molar-refractivity contribution in [3.8, 4) is 0 Å². The van der Waals surface area contributed by atoms with Crippen molar-refractivity contribution < 1.29 is 53.0 Å². The Balaban J connectivity index is 1.26. The molecule has 0 unspecified atom stereocenters. The Morgan fingerprint density at radius 2 is 1.41 bits per heavy atom. The molecule has 0 aromatic heterocycles. The van der Waals surface area contributed by atoms with E-state index >= 15 is 0 Å². The molecule has 44 heavy (non-hydrogen) atoms. The van der Waals surface area contributed by atoms with Crippen molar-refractivity contribution >= 4 is 60.7 Å². The highest BCUT2D eigenvalue weighted by Gasteiger charge is 2.34. The van der Waals surface area contributed by atoms with Crippen LogP contribution >= 0.6 is 0 Å². The maximum Gasteiger partial charge on any atom is 0.491 e. The molecule has 3 aliphatic heterocycles. The van der Waals surface area contributed by atoms with Crippen molar-refractivity contribution in [1.82, 2.24) is 21.0 Å². The van der Waals surface area contributed by atoms with Gasteiger partial charge in [-0.1, -0.05) is 12.1 Å². The molecule has 0 saturated carbocycles. The number of hydrogen-bond donors (Lipinski definition) is 5. The van der Waals surface area contributed by atoms with Gasteiger partial charge in [-0.2, -0.15) is 0 Å². The van der Waals surface area contributed by atoms with Gasteiger partial charge in [0, 0.05) is 30.5 Å². The summed E-state index contributed by atoms with van der Waals surface area (Å²) in [4.78, 5) is 79.9. The predicted octanol–water partition coefficient (Wildman–Crippen LogP) is -2.85. The average Bonchev–Trinajstić information content (AvgIpc) is 3.67. The molecular formula is C27H28B2N4O11. The summed E-state index contributed by atoms with van der Waals surface area (Å²) in [7, 11) is -2.37. The predicted molar refractivity (Wildman–Crippen MR) is 151 cm³/mol. The molecule has 0 spiro atoms. The van der Waals surface area contributed by atoms with Gasteiger partial charge in [0.25, 0.3) is 23.6 Å². The number of hydroxylamine groups is 2. The molecule has 1 saturated heterocycles. The Bertz CT molecular complexity index is 1520. The third-order valence-corrected chi connectivity index (χ3v) is 7.40. The van der Waals surface area contributed by atoms with E-state index < -0.39 is 68.2 Å². The highest BCUT2D eigenvalue weighted by atomic mass is 16.7. The smallest absolute Gasteiger partial charge is 0.423 e. The molecule has 228 valence electrons. The molecule has 3 aliphatic rings. The first-order valence-electron chi connectivity index (χ1n) is 13.8. The lowest BCUT2D eigenvalue weighted by Crippen LogP contribution is -2.57. The first kappa shape index (κ1) is 30.9. The van der Waals surface area contributed by atoms with E-state index in [9.17, 15) is 38.8 Å². The third kappa shape index (κ3) is 6.65. The van der Waals surface area contributed by atoms with Crippen molar-refractivity contribution in [3.05, 3.63) is 58.7 Å². The van der Waals surface area contributed by atoms with E-state index in [1.54, 1.807) is 12.1 Å². The topological polar surface area (TPSA) is 210 Å². The van der Waals surface area contributed by atoms with Crippen LogP contribution in [-0.4, -0.2) is 83.5 Å². The molecule has 3 heterocycles. The molecule has 0 radical (unpaired) electrons. The van der Waals surface area contributed by atoms with Gasteiger partial charge in [-0.15, -0.1) is 5.06 Å². The van der Waals surface area contributed by atoms with Gasteiger partial charge in [-0.3, -0.25) is 24.0 Å². The zero-order valence-electron chi connectivity index (χ0n) is 23.5.